The van der Waals surface area contributed by atoms with Gasteiger partial charge in [-0.2, -0.15) is 5.26 Å². The summed E-state index contributed by atoms with van der Waals surface area (Å²) in [5, 5.41) is 13.0. The van der Waals surface area contributed by atoms with Gasteiger partial charge >= 0.3 is 0 Å². The number of ether oxygens (including phenoxy) is 1. The molecule has 3 nitrogen and oxygen atoms in total. The number of rotatable bonds is 7. The Hall–Kier alpha value is -0.590. The third-order valence-electron chi connectivity index (χ3n) is 5.20. The second-order valence-electron chi connectivity index (χ2n) is 6.57. The summed E-state index contributed by atoms with van der Waals surface area (Å²) in [5.41, 5.74) is -0.275. The molecule has 2 atom stereocenters. The summed E-state index contributed by atoms with van der Waals surface area (Å²) < 4.78 is 5.91. The minimum absolute atomic E-state index is 0.275. The van der Waals surface area contributed by atoms with Gasteiger partial charge in [0.05, 0.1) is 6.07 Å². The molecule has 2 aliphatic carbocycles. The standard InChI is InChI=1S/C17H30N2O/c1-2-19-17(14-18)11-6-9-16(17)10-12-20-13-15-7-4-3-5-8-15/h15-16,19H,2-13H2,1H3. The topological polar surface area (TPSA) is 45.0 Å². The third-order valence-corrected chi connectivity index (χ3v) is 5.20. The van der Waals surface area contributed by atoms with E-state index in [1.54, 1.807) is 0 Å². The van der Waals surface area contributed by atoms with Crippen molar-refractivity contribution in [3.05, 3.63) is 0 Å². The van der Waals surface area contributed by atoms with Crippen molar-refractivity contribution >= 4 is 0 Å². The van der Waals surface area contributed by atoms with Crippen LogP contribution in [-0.2, 0) is 4.74 Å². The third kappa shape index (κ3) is 3.96. The van der Waals surface area contributed by atoms with Crippen molar-refractivity contribution in [1.29, 1.82) is 5.26 Å². The highest BCUT2D eigenvalue weighted by Gasteiger charge is 2.42. The Balaban J connectivity index is 1.68. The van der Waals surface area contributed by atoms with Crippen molar-refractivity contribution in [1.82, 2.24) is 5.32 Å². The van der Waals surface area contributed by atoms with Crippen molar-refractivity contribution in [3.63, 3.8) is 0 Å². The lowest BCUT2D eigenvalue weighted by molar-refractivity contribution is 0.0711. The molecule has 0 aromatic heterocycles. The van der Waals surface area contributed by atoms with Gasteiger partial charge in [-0.15, -0.1) is 0 Å². The predicted molar refractivity (Wildman–Crippen MR) is 81.4 cm³/mol. The largest absolute Gasteiger partial charge is 0.381 e. The quantitative estimate of drug-likeness (QED) is 0.723. The molecule has 2 fully saturated rings. The average molecular weight is 278 g/mol. The molecule has 2 rings (SSSR count). The number of hydrogen-bond acceptors (Lipinski definition) is 3. The molecule has 0 saturated heterocycles. The maximum atomic E-state index is 9.53. The average Bonchev–Trinajstić information content (AvgIpc) is 2.88. The summed E-state index contributed by atoms with van der Waals surface area (Å²) in [5.74, 6) is 1.26. The Labute approximate surface area is 124 Å². The number of hydrogen-bond donors (Lipinski definition) is 1. The Morgan fingerprint density at radius 1 is 1.20 bits per heavy atom. The predicted octanol–water partition coefficient (Wildman–Crippen LogP) is 3.65. The Kier molecular flexibility index (Phi) is 6.32. The van der Waals surface area contributed by atoms with Crippen molar-refractivity contribution in [2.75, 3.05) is 19.8 Å². The molecule has 0 aromatic rings. The monoisotopic (exact) mass is 278 g/mol. The molecule has 0 amide bonds. The van der Waals surface area contributed by atoms with Crippen molar-refractivity contribution in [2.24, 2.45) is 11.8 Å². The molecule has 2 aliphatic rings. The summed E-state index contributed by atoms with van der Waals surface area (Å²) in [6.07, 6.45) is 11.3. The molecule has 2 unspecified atom stereocenters. The minimum Gasteiger partial charge on any atom is -0.381 e. The van der Waals surface area contributed by atoms with Gasteiger partial charge in [0.15, 0.2) is 0 Å². The first-order valence-corrected chi connectivity index (χ1v) is 8.55. The van der Waals surface area contributed by atoms with Gasteiger partial charge in [0.1, 0.15) is 5.54 Å². The Morgan fingerprint density at radius 2 is 2.00 bits per heavy atom. The summed E-state index contributed by atoms with van der Waals surface area (Å²) in [7, 11) is 0. The second-order valence-corrected chi connectivity index (χ2v) is 6.57. The lowest BCUT2D eigenvalue weighted by Gasteiger charge is -2.29. The van der Waals surface area contributed by atoms with Crippen molar-refractivity contribution in [3.8, 4) is 6.07 Å². The van der Waals surface area contributed by atoms with Crippen LogP contribution < -0.4 is 5.32 Å². The molecule has 20 heavy (non-hydrogen) atoms. The summed E-state index contributed by atoms with van der Waals surface area (Å²) in [4.78, 5) is 0. The van der Waals surface area contributed by atoms with Crippen LogP contribution >= 0.6 is 0 Å². The zero-order valence-corrected chi connectivity index (χ0v) is 13.0. The van der Waals surface area contributed by atoms with Gasteiger partial charge in [-0.3, -0.25) is 5.32 Å². The molecule has 0 bridgehead atoms. The van der Waals surface area contributed by atoms with E-state index >= 15 is 0 Å². The van der Waals surface area contributed by atoms with E-state index in [1.807, 2.05) is 0 Å². The van der Waals surface area contributed by atoms with E-state index in [1.165, 1.54) is 44.9 Å². The first-order valence-electron chi connectivity index (χ1n) is 8.55. The molecule has 3 heteroatoms. The van der Waals surface area contributed by atoms with Gasteiger partial charge in [-0.05, 0) is 50.5 Å². The van der Waals surface area contributed by atoms with Gasteiger partial charge in [0.25, 0.3) is 0 Å². The fourth-order valence-electron chi connectivity index (χ4n) is 4.03. The molecule has 0 aliphatic heterocycles. The molecule has 0 radical (unpaired) electrons. The van der Waals surface area contributed by atoms with Crippen LogP contribution in [0.15, 0.2) is 0 Å². The van der Waals surface area contributed by atoms with Crippen LogP contribution in [0.2, 0.25) is 0 Å². The number of nitriles is 1. The van der Waals surface area contributed by atoms with Crippen molar-refractivity contribution < 1.29 is 4.74 Å². The molecule has 0 spiro atoms. The molecule has 0 aromatic carbocycles. The second kappa shape index (κ2) is 8.00. The number of nitrogens with zero attached hydrogens (tertiary/aromatic N) is 1. The van der Waals surface area contributed by atoms with Gasteiger partial charge in [-0.1, -0.05) is 32.6 Å². The first-order chi connectivity index (χ1) is 9.80. The Morgan fingerprint density at radius 3 is 2.70 bits per heavy atom. The van der Waals surface area contributed by atoms with E-state index < -0.39 is 0 Å². The van der Waals surface area contributed by atoms with Gasteiger partial charge in [0.2, 0.25) is 0 Å². The van der Waals surface area contributed by atoms with Crippen LogP contribution in [0.1, 0.15) is 64.7 Å². The molecule has 1 N–H and O–H groups in total. The van der Waals surface area contributed by atoms with E-state index in [4.69, 9.17) is 4.74 Å². The van der Waals surface area contributed by atoms with E-state index in [-0.39, 0.29) is 5.54 Å². The molecule has 0 heterocycles. The van der Waals surface area contributed by atoms with Crippen molar-refractivity contribution in [2.45, 2.75) is 70.3 Å². The van der Waals surface area contributed by atoms with Crippen LogP contribution in [0.4, 0.5) is 0 Å². The molecule has 114 valence electrons. The zero-order valence-electron chi connectivity index (χ0n) is 13.0. The van der Waals surface area contributed by atoms with Crippen LogP contribution in [0.5, 0.6) is 0 Å². The molecule has 2 saturated carbocycles. The van der Waals surface area contributed by atoms with Crippen LogP contribution in [0.25, 0.3) is 0 Å². The molecular weight excluding hydrogens is 248 g/mol. The Bertz CT molecular complexity index is 319. The fraction of sp³-hybridized carbons (Fsp3) is 0.941. The van der Waals surface area contributed by atoms with Crippen LogP contribution in [0.3, 0.4) is 0 Å². The summed E-state index contributed by atoms with van der Waals surface area (Å²) in [6, 6.07) is 2.55. The fourth-order valence-corrected chi connectivity index (χ4v) is 4.03. The highest BCUT2D eigenvalue weighted by Crippen LogP contribution is 2.37. The highest BCUT2D eigenvalue weighted by atomic mass is 16.5. The summed E-state index contributed by atoms with van der Waals surface area (Å²) in [6.45, 7) is 4.74. The lowest BCUT2D eigenvalue weighted by atomic mass is 9.86. The summed E-state index contributed by atoms with van der Waals surface area (Å²) >= 11 is 0. The van der Waals surface area contributed by atoms with E-state index in [9.17, 15) is 5.26 Å². The van der Waals surface area contributed by atoms with E-state index in [0.29, 0.717) is 5.92 Å². The van der Waals surface area contributed by atoms with Gasteiger partial charge < -0.3 is 4.74 Å². The van der Waals surface area contributed by atoms with Gasteiger partial charge in [-0.25, -0.2) is 0 Å². The zero-order chi connectivity index (χ0) is 14.3. The molecular formula is C17H30N2O. The van der Waals surface area contributed by atoms with E-state index in [0.717, 1.165) is 38.5 Å². The van der Waals surface area contributed by atoms with Crippen LogP contribution in [0, 0.1) is 23.2 Å². The lowest BCUT2D eigenvalue weighted by Crippen LogP contribution is -2.47. The highest BCUT2D eigenvalue weighted by molar-refractivity contribution is 5.13. The smallest absolute Gasteiger partial charge is 0.109 e. The number of nitrogens with one attached hydrogen (secondary N) is 1. The van der Waals surface area contributed by atoms with E-state index in [2.05, 4.69) is 18.3 Å². The first kappa shape index (κ1) is 15.8. The normalized spacial score (nSPS) is 31.3. The minimum atomic E-state index is -0.275. The maximum Gasteiger partial charge on any atom is 0.109 e. The maximum absolute atomic E-state index is 9.53. The van der Waals surface area contributed by atoms with Gasteiger partial charge in [0, 0.05) is 13.2 Å². The SMILES string of the molecule is CCNC1(C#N)CCCC1CCOCC1CCCCC1. The van der Waals surface area contributed by atoms with Crippen LogP contribution in [-0.4, -0.2) is 25.3 Å².